The van der Waals surface area contributed by atoms with Gasteiger partial charge in [0.15, 0.2) is 0 Å². The number of benzene rings is 2. The molecule has 2 aromatic carbocycles. The van der Waals surface area contributed by atoms with Crippen LogP contribution < -0.4 is 10.7 Å². The minimum Gasteiger partial charge on any atom is -0.297 e. The first-order valence-corrected chi connectivity index (χ1v) is 8.74. The largest absolute Gasteiger partial charge is 0.300 e. The first-order chi connectivity index (χ1) is 10.6. The van der Waals surface area contributed by atoms with Crippen LogP contribution in [0.3, 0.4) is 0 Å². The monoisotopic (exact) mass is 314 g/mol. The molecule has 0 fully saturated rings. The van der Waals surface area contributed by atoms with Crippen molar-refractivity contribution in [3.8, 4) is 0 Å². The molecule has 0 radical (unpaired) electrons. The van der Waals surface area contributed by atoms with Crippen LogP contribution >= 0.6 is 7.44 Å². The van der Waals surface area contributed by atoms with Gasteiger partial charge in [-0.05, 0) is 17.7 Å². The average Bonchev–Trinajstić information content (AvgIpc) is 2.54. The number of hydrazone groups is 1. The molecule has 22 heavy (non-hydrogen) atoms. The van der Waals surface area contributed by atoms with Crippen LogP contribution in [-0.2, 0) is 11.0 Å². The molecule has 1 N–H and O–H groups in total. The molecule has 1 unspecified atom stereocenters. The van der Waals surface area contributed by atoms with Gasteiger partial charge in [-0.2, -0.15) is 5.10 Å². The van der Waals surface area contributed by atoms with Gasteiger partial charge in [0.05, 0.1) is 0 Å². The Morgan fingerprint density at radius 2 is 1.59 bits per heavy atom. The molecule has 0 saturated heterocycles. The summed E-state index contributed by atoms with van der Waals surface area (Å²) in [7, 11) is 0.634. The van der Waals surface area contributed by atoms with Crippen LogP contribution in [0.4, 0.5) is 0 Å². The molecule has 114 valence electrons. The van der Waals surface area contributed by atoms with Crippen LogP contribution in [0.15, 0.2) is 65.8 Å². The van der Waals surface area contributed by atoms with Crippen molar-refractivity contribution in [2.24, 2.45) is 5.10 Å². The van der Waals surface area contributed by atoms with E-state index in [1.807, 2.05) is 48.5 Å². The van der Waals surface area contributed by atoms with Crippen molar-refractivity contribution in [3.05, 3.63) is 66.2 Å². The lowest BCUT2D eigenvalue weighted by atomic mass is 10.1. The highest BCUT2D eigenvalue weighted by molar-refractivity contribution is 7.67. The molecule has 0 aliphatic carbocycles. The van der Waals surface area contributed by atoms with E-state index < -0.39 is 7.44 Å². The summed E-state index contributed by atoms with van der Waals surface area (Å²) in [6.45, 7) is 0. The highest BCUT2D eigenvalue weighted by Gasteiger charge is 2.38. The molecule has 0 saturated carbocycles. The van der Waals surface area contributed by atoms with Gasteiger partial charge in [-0.3, -0.25) is 9.99 Å². The maximum absolute atomic E-state index is 13.4. The van der Waals surface area contributed by atoms with E-state index in [2.05, 4.69) is 22.7 Å². The van der Waals surface area contributed by atoms with Crippen molar-refractivity contribution >= 4 is 18.6 Å². The van der Waals surface area contributed by atoms with Gasteiger partial charge >= 0.3 is 7.44 Å². The normalized spacial score (nSPS) is 22.1. The molecule has 0 bridgehead atoms. The van der Waals surface area contributed by atoms with Crippen molar-refractivity contribution in [1.29, 1.82) is 0 Å². The second-order valence-corrected chi connectivity index (χ2v) is 8.00. The molecule has 1 aliphatic rings. The number of nitrogens with one attached hydrogen (secondary N) is 1. The molecular formula is C16H19N4OP. The van der Waals surface area contributed by atoms with Gasteiger partial charge in [-0.1, -0.05) is 48.5 Å². The van der Waals surface area contributed by atoms with Crippen LogP contribution in [0.1, 0.15) is 5.56 Å². The summed E-state index contributed by atoms with van der Waals surface area (Å²) in [5.74, 6) is 0.776. The van der Waals surface area contributed by atoms with E-state index in [4.69, 9.17) is 0 Å². The van der Waals surface area contributed by atoms with Crippen molar-refractivity contribution in [1.82, 2.24) is 15.0 Å². The van der Waals surface area contributed by atoms with Crippen molar-refractivity contribution in [2.75, 3.05) is 14.1 Å². The maximum atomic E-state index is 13.4. The molecule has 1 heterocycles. The summed E-state index contributed by atoms with van der Waals surface area (Å²) < 4.78 is 16.6. The average molecular weight is 314 g/mol. The predicted octanol–water partition coefficient (Wildman–Crippen LogP) is 2.44. The number of amidine groups is 1. The maximum Gasteiger partial charge on any atom is 0.300 e. The lowest BCUT2D eigenvalue weighted by molar-refractivity contribution is 0.357. The number of hydrogen-bond donors (Lipinski definition) is 1. The molecule has 0 spiro atoms. The Kier molecular flexibility index (Phi) is 4.01. The third-order valence-corrected chi connectivity index (χ3v) is 6.42. The van der Waals surface area contributed by atoms with E-state index in [9.17, 15) is 4.57 Å². The SMILES string of the molecule is CN1N=C(Cc2ccccc2)NN(C)P1(=O)c1ccccc1. The number of rotatable bonds is 3. The zero-order valence-corrected chi connectivity index (χ0v) is 13.6. The van der Waals surface area contributed by atoms with Gasteiger partial charge in [0, 0.05) is 25.8 Å². The smallest absolute Gasteiger partial charge is 0.297 e. The van der Waals surface area contributed by atoms with Gasteiger partial charge in [0.2, 0.25) is 0 Å². The van der Waals surface area contributed by atoms with Gasteiger partial charge < -0.3 is 0 Å². The Morgan fingerprint density at radius 3 is 2.18 bits per heavy atom. The van der Waals surface area contributed by atoms with Gasteiger partial charge in [-0.25, -0.2) is 4.78 Å². The summed E-state index contributed by atoms with van der Waals surface area (Å²) in [5.41, 5.74) is 4.32. The first kappa shape index (κ1) is 14.8. The lowest BCUT2D eigenvalue weighted by Gasteiger charge is -2.38. The van der Waals surface area contributed by atoms with E-state index in [1.54, 1.807) is 23.7 Å². The summed E-state index contributed by atoms with van der Waals surface area (Å²) in [6.07, 6.45) is 0.671. The minimum atomic E-state index is -2.92. The molecular weight excluding hydrogens is 295 g/mol. The molecule has 6 heteroatoms. The summed E-state index contributed by atoms with van der Waals surface area (Å²) >= 11 is 0. The Labute approximate surface area is 130 Å². The number of nitrogens with zero attached hydrogens (tertiary/aromatic N) is 3. The molecule has 2 aromatic rings. The zero-order valence-electron chi connectivity index (χ0n) is 12.7. The van der Waals surface area contributed by atoms with Crippen molar-refractivity contribution in [2.45, 2.75) is 6.42 Å². The third kappa shape index (κ3) is 2.65. The zero-order chi connectivity index (χ0) is 15.6. The second kappa shape index (κ2) is 5.95. The Morgan fingerprint density at radius 1 is 1.00 bits per heavy atom. The summed E-state index contributed by atoms with van der Waals surface area (Å²) in [6, 6.07) is 19.5. The molecule has 3 rings (SSSR count). The summed E-state index contributed by atoms with van der Waals surface area (Å²) in [4.78, 5) is 0. The van der Waals surface area contributed by atoms with Crippen molar-refractivity contribution < 1.29 is 4.57 Å². The summed E-state index contributed by atoms with van der Waals surface area (Å²) in [5, 5.41) is 5.25. The van der Waals surface area contributed by atoms with E-state index in [-0.39, 0.29) is 0 Å². The number of hydrazine groups is 1. The van der Waals surface area contributed by atoms with E-state index in [0.717, 1.165) is 16.7 Å². The highest BCUT2D eigenvalue weighted by atomic mass is 31.2. The molecule has 0 amide bonds. The topological polar surface area (TPSA) is 47.9 Å². The Bertz CT molecular complexity index is 717. The minimum absolute atomic E-state index is 0.671. The molecule has 1 aliphatic heterocycles. The quantitative estimate of drug-likeness (QED) is 0.884. The molecule has 5 nitrogen and oxygen atoms in total. The Hall–Kier alpha value is -2.10. The second-order valence-electron chi connectivity index (χ2n) is 5.21. The fourth-order valence-electron chi connectivity index (χ4n) is 2.53. The highest BCUT2D eigenvalue weighted by Crippen LogP contribution is 2.50. The van der Waals surface area contributed by atoms with E-state index in [1.165, 1.54) is 0 Å². The van der Waals surface area contributed by atoms with E-state index in [0.29, 0.717) is 6.42 Å². The Balaban J connectivity index is 1.89. The molecule has 0 aromatic heterocycles. The van der Waals surface area contributed by atoms with Crippen LogP contribution in [0.25, 0.3) is 0 Å². The lowest BCUT2D eigenvalue weighted by Crippen LogP contribution is -2.48. The number of hydrogen-bond acceptors (Lipinski definition) is 3. The first-order valence-electron chi connectivity index (χ1n) is 7.13. The van der Waals surface area contributed by atoms with Crippen molar-refractivity contribution in [3.63, 3.8) is 0 Å². The van der Waals surface area contributed by atoms with Crippen LogP contribution in [0.5, 0.6) is 0 Å². The van der Waals surface area contributed by atoms with Gasteiger partial charge in [0.1, 0.15) is 5.84 Å². The standard InChI is InChI=1S/C16H19N4OP/c1-19-17-16(13-14-9-5-3-6-10-14)18-20(2)22(19,21)15-11-7-4-8-12-15/h3-12H,13H2,1-2H3,(H,17,18). The van der Waals surface area contributed by atoms with Crippen LogP contribution in [-0.4, -0.2) is 29.5 Å². The molecule has 1 atom stereocenters. The third-order valence-electron chi connectivity index (χ3n) is 3.66. The fraction of sp³-hybridized carbons (Fsp3) is 0.188. The fourth-order valence-corrected chi connectivity index (χ4v) is 4.64. The predicted molar refractivity (Wildman–Crippen MR) is 89.9 cm³/mol. The van der Waals surface area contributed by atoms with Gasteiger partial charge in [0.25, 0.3) is 0 Å². The van der Waals surface area contributed by atoms with Crippen LogP contribution in [0, 0.1) is 0 Å². The van der Waals surface area contributed by atoms with Crippen LogP contribution in [0.2, 0.25) is 0 Å². The van der Waals surface area contributed by atoms with E-state index >= 15 is 0 Å². The van der Waals surface area contributed by atoms with Gasteiger partial charge in [-0.15, -0.1) is 4.78 Å².